The Morgan fingerprint density at radius 3 is 3.18 bits per heavy atom. The van der Waals surface area contributed by atoms with E-state index in [2.05, 4.69) is 4.98 Å². The molecule has 1 saturated heterocycles. The van der Waals surface area contributed by atoms with E-state index in [1.165, 1.54) is 0 Å². The summed E-state index contributed by atoms with van der Waals surface area (Å²) >= 11 is 6.04. The number of hydrogen-bond acceptors (Lipinski definition) is 2. The number of carbonyl (C=O) groups is 1. The number of hydrogen-bond donors (Lipinski definition) is 0. The first-order chi connectivity index (χ1) is 8.24. The first kappa shape index (κ1) is 12.4. The molecule has 92 valence electrons. The summed E-state index contributed by atoms with van der Waals surface area (Å²) in [6, 6.07) is 4.09. The van der Waals surface area contributed by atoms with Gasteiger partial charge in [-0.05, 0) is 30.9 Å². The van der Waals surface area contributed by atoms with E-state index in [0.717, 1.165) is 24.9 Å². The molecule has 2 rings (SSSR count). The van der Waals surface area contributed by atoms with E-state index >= 15 is 0 Å². The smallest absolute Gasteiger partial charge is 0.241 e. The number of aromatic nitrogens is 1. The maximum absolute atomic E-state index is 12.1. The van der Waals surface area contributed by atoms with E-state index in [1.54, 1.807) is 6.20 Å². The molecule has 2 atom stereocenters. The summed E-state index contributed by atoms with van der Waals surface area (Å²) in [5.74, 6) is 0.0560. The van der Waals surface area contributed by atoms with E-state index in [9.17, 15) is 4.79 Å². The van der Waals surface area contributed by atoms with Crippen LogP contribution in [0.3, 0.4) is 0 Å². The molecular weight excluding hydrogens is 236 g/mol. The number of amides is 1. The fraction of sp³-hybridized carbons (Fsp3) is 0.538. The lowest BCUT2D eigenvalue weighted by Gasteiger charge is -2.26. The predicted molar refractivity (Wildman–Crippen MR) is 67.9 cm³/mol. The first-order valence-corrected chi connectivity index (χ1v) is 6.52. The monoisotopic (exact) mass is 252 g/mol. The summed E-state index contributed by atoms with van der Waals surface area (Å²) in [5.41, 5.74) is 1.11. The van der Waals surface area contributed by atoms with Crippen LogP contribution in [0.1, 0.15) is 37.8 Å². The number of likely N-dealkylation sites (tertiary alicyclic amines) is 1. The Morgan fingerprint density at radius 2 is 2.53 bits per heavy atom. The molecular formula is C13H17ClN2O. The lowest BCUT2D eigenvalue weighted by Crippen LogP contribution is -2.36. The predicted octanol–water partition coefficient (Wildman–Crippen LogP) is 2.76. The molecule has 0 saturated carbocycles. The van der Waals surface area contributed by atoms with Gasteiger partial charge in [0.15, 0.2) is 0 Å². The Morgan fingerprint density at radius 1 is 1.71 bits per heavy atom. The van der Waals surface area contributed by atoms with Gasteiger partial charge in [-0.15, -0.1) is 11.6 Å². The van der Waals surface area contributed by atoms with Crippen LogP contribution in [-0.2, 0) is 4.79 Å². The second kappa shape index (κ2) is 5.50. The molecule has 0 spiro atoms. The Bertz CT molecular complexity index is 382. The summed E-state index contributed by atoms with van der Waals surface area (Å²) in [4.78, 5) is 18.2. The van der Waals surface area contributed by atoms with E-state index in [4.69, 9.17) is 11.6 Å². The molecule has 0 radical (unpaired) electrons. The number of carbonyl (C=O) groups excluding carboxylic acids is 1. The topological polar surface area (TPSA) is 33.2 Å². The maximum atomic E-state index is 12.1. The van der Waals surface area contributed by atoms with Crippen LogP contribution >= 0.6 is 11.6 Å². The van der Waals surface area contributed by atoms with Crippen LogP contribution in [0.25, 0.3) is 0 Å². The SMILES string of the molecule is CC[C@H](Cl)C(=O)N1CCC[C@H]1c1cccnc1. The van der Waals surface area contributed by atoms with Gasteiger partial charge in [0, 0.05) is 18.9 Å². The van der Waals surface area contributed by atoms with E-state index in [-0.39, 0.29) is 11.9 Å². The fourth-order valence-electron chi connectivity index (χ4n) is 2.30. The molecule has 2 heterocycles. The van der Waals surface area contributed by atoms with Crippen molar-refractivity contribution in [2.45, 2.75) is 37.6 Å². The lowest BCUT2D eigenvalue weighted by molar-refractivity contribution is -0.131. The van der Waals surface area contributed by atoms with Gasteiger partial charge in [0.25, 0.3) is 0 Å². The molecule has 0 unspecified atom stereocenters. The Labute approximate surface area is 107 Å². The van der Waals surface area contributed by atoms with E-state index < -0.39 is 5.38 Å². The van der Waals surface area contributed by atoms with Crippen molar-refractivity contribution in [3.8, 4) is 0 Å². The second-order valence-electron chi connectivity index (χ2n) is 4.35. The number of rotatable bonds is 3. The zero-order valence-corrected chi connectivity index (χ0v) is 10.7. The van der Waals surface area contributed by atoms with Crippen LogP contribution in [0, 0.1) is 0 Å². The van der Waals surface area contributed by atoms with Crippen LogP contribution in [-0.4, -0.2) is 27.7 Å². The third kappa shape index (κ3) is 2.60. The number of nitrogens with zero attached hydrogens (tertiary/aromatic N) is 2. The van der Waals surface area contributed by atoms with Gasteiger partial charge in [-0.2, -0.15) is 0 Å². The molecule has 4 heteroatoms. The largest absolute Gasteiger partial charge is 0.334 e. The molecule has 0 aliphatic carbocycles. The maximum Gasteiger partial charge on any atom is 0.241 e. The minimum absolute atomic E-state index is 0.0560. The Balaban J connectivity index is 2.15. The minimum Gasteiger partial charge on any atom is -0.334 e. The molecule has 1 aromatic rings. The van der Waals surface area contributed by atoms with Gasteiger partial charge in [0.05, 0.1) is 6.04 Å². The van der Waals surface area contributed by atoms with Crippen molar-refractivity contribution < 1.29 is 4.79 Å². The van der Waals surface area contributed by atoms with E-state index in [1.807, 2.05) is 30.2 Å². The highest BCUT2D eigenvalue weighted by molar-refractivity contribution is 6.30. The molecule has 1 aromatic heterocycles. The lowest BCUT2D eigenvalue weighted by atomic mass is 10.1. The molecule has 1 aliphatic heterocycles. The highest BCUT2D eigenvalue weighted by atomic mass is 35.5. The van der Waals surface area contributed by atoms with Gasteiger partial charge in [-0.3, -0.25) is 9.78 Å². The van der Waals surface area contributed by atoms with Crippen molar-refractivity contribution in [1.82, 2.24) is 9.88 Å². The quantitative estimate of drug-likeness (QED) is 0.775. The molecule has 0 bridgehead atoms. The van der Waals surface area contributed by atoms with Gasteiger partial charge < -0.3 is 4.90 Å². The number of alkyl halides is 1. The first-order valence-electron chi connectivity index (χ1n) is 6.08. The third-order valence-corrected chi connectivity index (χ3v) is 3.73. The van der Waals surface area contributed by atoms with Crippen molar-refractivity contribution in [2.75, 3.05) is 6.54 Å². The zero-order chi connectivity index (χ0) is 12.3. The minimum atomic E-state index is -0.396. The molecule has 1 aliphatic rings. The zero-order valence-electron chi connectivity index (χ0n) is 9.97. The van der Waals surface area contributed by atoms with Crippen LogP contribution in [0.15, 0.2) is 24.5 Å². The average Bonchev–Trinajstić information content (AvgIpc) is 2.87. The molecule has 0 N–H and O–H groups in total. The van der Waals surface area contributed by atoms with Crippen LogP contribution < -0.4 is 0 Å². The van der Waals surface area contributed by atoms with Gasteiger partial charge >= 0.3 is 0 Å². The third-order valence-electron chi connectivity index (χ3n) is 3.23. The van der Waals surface area contributed by atoms with Gasteiger partial charge in [-0.25, -0.2) is 0 Å². The molecule has 1 fully saturated rings. The summed E-state index contributed by atoms with van der Waals surface area (Å²) < 4.78 is 0. The molecule has 0 aromatic carbocycles. The molecule has 3 nitrogen and oxygen atoms in total. The summed E-state index contributed by atoms with van der Waals surface area (Å²) in [6.45, 7) is 2.74. The van der Waals surface area contributed by atoms with Crippen LogP contribution in [0.2, 0.25) is 0 Å². The summed E-state index contributed by atoms with van der Waals surface area (Å²) in [7, 11) is 0. The number of pyridine rings is 1. The van der Waals surface area contributed by atoms with Crippen molar-refractivity contribution >= 4 is 17.5 Å². The van der Waals surface area contributed by atoms with Crippen molar-refractivity contribution in [3.63, 3.8) is 0 Å². The fourth-order valence-corrected chi connectivity index (χ4v) is 2.43. The van der Waals surface area contributed by atoms with Crippen LogP contribution in [0.4, 0.5) is 0 Å². The molecule has 1 amide bonds. The standard InChI is InChI=1S/C13H17ClN2O/c1-2-11(14)13(17)16-8-4-6-12(16)10-5-3-7-15-9-10/h3,5,7,9,11-12H,2,4,6,8H2,1H3/t11-,12-/m0/s1. The van der Waals surface area contributed by atoms with Crippen molar-refractivity contribution in [3.05, 3.63) is 30.1 Å². The number of halogens is 1. The Hall–Kier alpha value is -1.09. The summed E-state index contributed by atoms with van der Waals surface area (Å²) in [6.07, 6.45) is 6.31. The second-order valence-corrected chi connectivity index (χ2v) is 4.88. The van der Waals surface area contributed by atoms with Crippen molar-refractivity contribution in [2.24, 2.45) is 0 Å². The average molecular weight is 253 g/mol. The highest BCUT2D eigenvalue weighted by Gasteiger charge is 2.32. The van der Waals surface area contributed by atoms with Gasteiger partial charge in [0.1, 0.15) is 5.38 Å². The van der Waals surface area contributed by atoms with Crippen LogP contribution in [0.5, 0.6) is 0 Å². The summed E-state index contributed by atoms with van der Waals surface area (Å²) in [5, 5.41) is -0.396. The normalized spacial score (nSPS) is 21.5. The molecule has 17 heavy (non-hydrogen) atoms. The van der Waals surface area contributed by atoms with Gasteiger partial charge in [0.2, 0.25) is 5.91 Å². The van der Waals surface area contributed by atoms with Gasteiger partial charge in [-0.1, -0.05) is 13.0 Å². The van der Waals surface area contributed by atoms with Crippen molar-refractivity contribution in [1.29, 1.82) is 0 Å². The highest BCUT2D eigenvalue weighted by Crippen LogP contribution is 2.32. The Kier molecular flexibility index (Phi) is 4.00. The van der Waals surface area contributed by atoms with E-state index in [0.29, 0.717) is 6.42 Å².